The number of carbonyl (C=O) groups excluding carboxylic acids is 1. The van der Waals surface area contributed by atoms with Crippen molar-refractivity contribution in [1.82, 2.24) is 0 Å². The van der Waals surface area contributed by atoms with Crippen LogP contribution in [0.5, 0.6) is 5.75 Å². The quantitative estimate of drug-likeness (QED) is 0.469. The predicted molar refractivity (Wildman–Crippen MR) is 66.8 cm³/mol. The van der Waals surface area contributed by atoms with E-state index < -0.39 is 0 Å². The van der Waals surface area contributed by atoms with Gasteiger partial charge in [-0.05, 0) is 31.0 Å². The molecule has 2 nitrogen and oxygen atoms in total. The van der Waals surface area contributed by atoms with Gasteiger partial charge in [-0.25, -0.2) is 0 Å². The van der Waals surface area contributed by atoms with E-state index in [1.165, 1.54) is 0 Å². The van der Waals surface area contributed by atoms with E-state index in [0.717, 1.165) is 5.56 Å². The van der Waals surface area contributed by atoms with Gasteiger partial charge in [0.05, 0.1) is 0 Å². The SMILES string of the molecule is Cc1c(Cl)cc(OC(=O)CCCCl)cc1Cl. The van der Waals surface area contributed by atoms with E-state index in [4.69, 9.17) is 39.5 Å². The molecule has 0 aromatic heterocycles. The molecule has 0 radical (unpaired) electrons. The van der Waals surface area contributed by atoms with Crippen molar-refractivity contribution >= 4 is 40.8 Å². The minimum atomic E-state index is -0.336. The van der Waals surface area contributed by atoms with Crippen LogP contribution in [-0.2, 0) is 4.79 Å². The average Bonchev–Trinajstić information content (AvgIpc) is 2.23. The first-order valence-corrected chi connectivity index (χ1v) is 6.06. The Morgan fingerprint density at radius 3 is 2.38 bits per heavy atom. The molecule has 0 atom stereocenters. The third-order valence-corrected chi connectivity index (χ3v) is 3.05. The van der Waals surface area contributed by atoms with E-state index in [9.17, 15) is 4.79 Å². The third-order valence-electron chi connectivity index (χ3n) is 2.00. The van der Waals surface area contributed by atoms with E-state index in [-0.39, 0.29) is 12.4 Å². The van der Waals surface area contributed by atoms with Gasteiger partial charge in [0, 0.05) is 22.3 Å². The van der Waals surface area contributed by atoms with Gasteiger partial charge in [-0.3, -0.25) is 4.79 Å². The number of ether oxygens (including phenoxy) is 1. The molecule has 0 aliphatic carbocycles. The lowest BCUT2D eigenvalue weighted by atomic mass is 10.2. The van der Waals surface area contributed by atoms with Crippen LogP contribution in [0.2, 0.25) is 10.0 Å². The molecule has 0 amide bonds. The summed E-state index contributed by atoms with van der Waals surface area (Å²) in [5, 5.41) is 0.959. The maximum atomic E-state index is 11.3. The Hall–Kier alpha value is -0.440. The summed E-state index contributed by atoms with van der Waals surface area (Å²) < 4.78 is 5.07. The van der Waals surface area contributed by atoms with E-state index in [2.05, 4.69) is 0 Å². The maximum absolute atomic E-state index is 11.3. The topological polar surface area (TPSA) is 26.3 Å². The zero-order chi connectivity index (χ0) is 12.1. The molecule has 0 unspecified atom stereocenters. The molecule has 1 aromatic carbocycles. The summed E-state index contributed by atoms with van der Waals surface area (Å²) >= 11 is 17.3. The standard InChI is InChI=1S/C11H11Cl3O2/c1-7-9(13)5-8(6-10(7)14)16-11(15)3-2-4-12/h5-6H,2-4H2,1H3. The maximum Gasteiger partial charge on any atom is 0.311 e. The fourth-order valence-electron chi connectivity index (χ4n) is 1.07. The van der Waals surface area contributed by atoms with Gasteiger partial charge in [-0.1, -0.05) is 23.2 Å². The fourth-order valence-corrected chi connectivity index (χ4v) is 1.68. The summed E-state index contributed by atoms with van der Waals surface area (Å²) in [7, 11) is 0. The van der Waals surface area contributed by atoms with Crippen LogP contribution >= 0.6 is 34.8 Å². The van der Waals surface area contributed by atoms with Gasteiger partial charge in [0.1, 0.15) is 5.75 Å². The van der Waals surface area contributed by atoms with Crippen molar-refractivity contribution < 1.29 is 9.53 Å². The van der Waals surface area contributed by atoms with Gasteiger partial charge in [-0.15, -0.1) is 11.6 Å². The number of alkyl halides is 1. The molecule has 0 heterocycles. The Morgan fingerprint density at radius 1 is 1.31 bits per heavy atom. The normalized spacial score (nSPS) is 10.2. The van der Waals surface area contributed by atoms with Crippen molar-refractivity contribution in [3.63, 3.8) is 0 Å². The van der Waals surface area contributed by atoms with Crippen LogP contribution in [0.3, 0.4) is 0 Å². The van der Waals surface area contributed by atoms with Crippen molar-refractivity contribution in [1.29, 1.82) is 0 Å². The lowest BCUT2D eigenvalue weighted by molar-refractivity contribution is -0.134. The predicted octanol–water partition coefficient (Wildman–Crippen LogP) is 4.23. The van der Waals surface area contributed by atoms with Gasteiger partial charge in [-0.2, -0.15) is 0 Å². The Morgan fingerprint density at radius 2 is 1.88 bits per heavy atom. The molecule has 0 aliphatic heterocycles. The van der Waals surface area contributed by atoms with Gasteiger partial charge in [0.2, 0.25) is 0 Å². The molecule has 1 rings (SSSR count). The zero-order valence-electron chi connectivity index (χ0n) is 8.73. The summed E-state index contributed by atoms with van der Waals surface area (Å²) in [6, 6.07) is 3.14. The lowest BCUT2D eigenvalue weighted by Gasteiger charge is -2.07. The molecule has 0 saturated heterocycles. The summed E-state index contributed by atoms with van der Waals surface area (Å²) in [4.78, 5) is 11.3. The van der Waals surface area contributed by atoms with Gasteiger partial charge in [0.25, 0.3) is 0 Å². The molecule has 16 heavy (non-hydrogen) atoms. The largest absolute Gasteiger partial charge is 0.426 e. The highest BCUT2D eigenvalue weighted by Crippen LogP contribution is 2.29. The van der Waals surface area contributed by atoms with Gasteiger partial charge < -0.3 is 4.74 Å². The number of carbonyl (C=O) groups is 1. The number of hydrogen-bond acceptors (Lipinski definition) is 2. The highest BCUT2D eigenvalue weighted by Gasteiger charge is 2.08. The van der Waals surface area contributed by atoms with E-state index in [1.54, 1.807) is 19.1 Å². The van der Waals surface area contributed by atoms with Crippen LogP contribution < -0.4 is 4.74 Å². The van der Waals surface area contributed by atoms with E-state index in [1.807, 2.05) is 0 Å². The monoisotopic (exact) mass is 280 g/mol. The summed E-state index contributed by atoms with van der Waals surface area (Å²) in [5.74, 6) is 0.460. The van der Waals surface area contributed by atoms with Crippen molar-refractivity contribution in [2.45, 2.75) is 19.8 Å². The molecule has 0 bridgehead atoms. The highest BCUT2D eigenvalue weighted by atomic mass is 35.5. The van der Waals surface area contributed by atoms with Crippen molar-refractivity contribution in [3.05, 3.63) is 27.7 Å². The second kappa shape index (κ2) is 6.33. The molecular weight excluding hydrogens is 270 g/mol. The van der Waals surface area contributed by atoms with Crippen molar-refractivity contribution in [2.24, 2.45) is 0 Å². The zero-order valence-corrected chi connectivity index (χ0v) is 11.0. The number of halogens is 3. The Labute approximate surface area is 109 Å². The average molecular weight is 282 g/mol. The molecule has 1 aromatic rings. The Bertz CT molecular complexity index is 368. The lowest BCUT2D eigenvalue weighted by Crippen LogP contribution is -2.07. The molecule has 0 saturated carbocycles. The van der Waals surface area contributed by atoms with Crippen LogP contribution in [-0.4, -0.2) is 11.8 Å². The molecular formula is C11H11Cl3O2. The number of hydrogen-bond donors (Lipinski definition) is 0. The number of benzene rings is 1. The second-order valence-corrected chi connectivity index (χ2v) is 4.47. The molecule has 5 heteroatoms. The Kier molecular flexibility index (Phi) is 5.39. The fraction of sp³-hybridized carbons (Fsp3) is 0.364. The first-order valence-electron chi connectivity index (χ1n) is 4.77. The summed E-state index contributed by atoms with van der Waals surface area (Å²) in [6.45, 7) is 1.80. The minimum absolute atomic E-state index is 0.284. The number of esters is 1. The minimum Gasteiger partial charge on any atom is -0.426 e. The third kappa shape index (κ3) is 3.85. The summed E-state index contributed by atoms with van der Waals surface area (Å²) in [6.07, 6.45) is 0.875. The molecule has 0 aliphatic rings. The van der Waals surface area contributed by atoms with E-state index in [0.29, 0.717) is 28.1 Å². The van der Waals surface area contributed by atoms with E-state index >= 15 is 0 Å². The molecule has 0 spiro atoms. The van der Waals surface area contributed by atoms with Gasteiger partial charge >= 0.3 is 5.97 Å². The van der Waals surface area contributed by atoms with Crippen molar-refractivity contribution in [2.75, 3.05) is 5.88 Å². The van der Waals surface area contributed by atoms with Crippen molar-refractivity contribution in [3.8, 4) is 5.75 Å². The molecule has 88 valence electrons. The van der Waals surface area contributed by atoms with Crippen LogP contribution in [0.4, 0.5) is 0 Å². The second-order valence-electron chi connectivity index (χ2n) is 3.28. The van der Waals surface area contributed by atoms with Crippen LogP contribution in [0.1, 0.15) is 18.4 Å². The molecule has 0 fully saturated rings. The number of rotatable bonds is 4. The van der Waals surface area contributed by atoms with Crippen LogP contribution in [0.15, 0.2) is 12.1 Å². The highest BCUT2D eigenvalue weighted by molar-refractivity contribution is 6.36. The van der Waals surface area contributed by atoms with Crippen LogP contribution in [0, 0.1) is 6.92 Å². The summed E-state index contributed by atoms with van der Waals surface area (Å²) in [5.41, 5.74) is 0.767. The molecule has 0 N–H and O–H groups in total. The van der Waals surface area contributed by atoms with Gasteiger partial charge in [0.15, 0.2) is 0 Å². The van der Waals surface area contributed by atoms with Crippen LogP contribution in [0.25, 0.3) is 0 Å². The smallest absolute Gasteiger partial charge is 0.311 e. The first-order chi connectivity index (χ1) is 7.54. The Balaban J connectivity index is 2.71. The first kappa shape index (κ1) is 13.6.